The van der Waals surface area contributed by atoms with Crippen molar-refractivity contribution in [1.29, 1.82) is 0 Å². The van der Waals surface area contributed by atoms with Crippen molar-refractivity contribution in [2.75, 3.05) is 0 Å². The van der Waals surface area contributed by atoms with E-state index in [2.05, 4.69) is 0 Å². The second kappa shape index (κ2) is 5.71. The van der Waals surface area contributed by atoms with Gasteiger partial charge in [0.05, 0.1) is 0 Å². The third-order valence-electron chi connectivity index (χ3n) is 2.00. The molecule has 0 saturated heterocycles. The zero-order valence-electron chi connectivity index (χ0n) is 9.65. The van der Waals surface area contributed by atoms with Gasteiger partial charge in [0.2, 0.25) is 0 Å². The van der Waals surface area contributed by atoms with E-state index in [-0.39, 0.29) is 5.75 Å². The summed E-state index contributed by atoms with van der Waals surface area (Å²) in [6, 6.07) is 4.79. The van der Waals surface area contributed by atoms with Gasteiger partial charge in [-0.1, -0.05) is 13.0 Å². The Morgan fingerprint density at radius 2 is 2.06 bits per heavy atom. The highest BCUT2D eigenvalue weighted by Gasteiger charge is 2.08. The van der Waals surface area contributed by atoms with Crippen LogP contribution >= 0.6 is 0 Å². The van der Waals surface area contributed by atoms with E-state index in [1.54, 1.807) is 12.1 Å². The number of benzene rings is 1. The predicted molar refractivity (Wildman–Crippen MR) is 61.6 cm³/mol. The summed E-state index contributed by atoms with van der Waals surface area (Å²) in [7, 11) is 0. The monoisotopic (exact) mass is 232 g/mol. The van der Waals surface area contributed by atoms with Crippen LogP contribution in [0.1, 0.15) is 19.4 Å². The Bertz CT molecular complexity index is 483. The molecule has 88 valence electrons. The highest BCUT2D eigenvalue weighted by Crippen LogP contribution is 2.25. The number of terminal acetylenes is 1. The van der Waals surface area contributed by atoms with E-state index >= 15 is 0 Å². The maximum absolute atomic E-state index is 10.9. The van der Waals surface area contributed by atoms with Crippen molar-refractivity contribution in [3.63, 3.8) is 0 Å². The standard InChI is InChI=1S/C13H12O4/c1-4-10-6-7-11(17-13(15)5-2)8-12(10)16-9(3)14/h2,6-8H,4H2,1,3H3. The number of rotatable bonds is 3. The van der Waals surface area contributed by atoms with Crippen molar-refractivity contribution in [1.82, 2.24) is 0 Å². The number of esters is 2. The minimum atomic E-state index is -0.789. The molecule has 0 N–H and O–H groups in total. The third-order valence-corrected chi connectivity index (χ3v) is 2.00. The van der Waals surface area contributed by atoms with Gasteiger partial charge in [-0.15, -0.1) is 6.42 Å². The van der Waals surface area contributed by atoms with E-state index in [1.165, 1.54) is 13.0 Å². The molecule has 0 amide bonds. The molecule has 4 nitrogen and oxygen atoms in total. The average Bonchev–Trinajstić information content (AvgIpc) is 2.28. The lowest BCUT2D eigenvalue weighted by atomic mass is 10.1. The molecule has 0 fully saturated rings. The van der Waals surface area contributed by atoms with E-state index in [0.717, 1.165) is 5.56 Å². The van der Waals surface area contributed by atoms with Crippen LogP contribution in [-0.4, -0.2) is 11.9 Å². The van der Waals surface area contributed by atoms with Gasteiger partial charge in [-0.2, -0.15) is 0 Å². The fraction of sp³-hybridized carbons (Fsp3) is 0.231. The van der Waals surface area contributed by atoms with E-state index < -0.39 is 11.9 Å². The van der Waals surface area contributed by atoms with Gasteiger partial charge in [-0.3, -0.25) is 4.79 Å². The lowest BCUT2D eigenvalue weighted by Gasteiger charge is -2.09. The van der Waals surface area contributed by atoms with Gasteiger partial charge in [0.15, 0.2) is 0 Å². The van der Waals surface area contributed by atoms with Crippen LogP contribution in [0.2, 0.25) is 0 Å². The molecule has 1 aromatic rings. The summed E-state index contributed by atoms with van der Waals surface area (Å²) in [6.45, 7) is 3.23. The predicted octanol–water partition coefficient (Wildman–Crippen LogP) is 1.71. The molecule has 4 heteroatoms. The third kappa shape index (κ3) is 3.65. The molecular weight excluding hydrogens is 220 g/mol. The van der Waals surface area contributed by atoms with Gasteiger partial charge in [0.1, 0.15) is 11.5 Å². The molecule has 1 aromatic carbocycles. The number of hydrogen-bond acceptors (Lipinski definition) is 4. The van der Waals surface area contributed by atoms with E-state index in [4.69, 9.17) is 15.9 Å². The SMILES string of the molecule is C#CC(=O)Oc1ccc(CC)c(OC(C)=O)c1. The number of aryl methyl sites for hydroxylation is 1. The minimum Gasteiger partial charge on any atom is -0.426 e. The summed E-state index contributed by atoms with van der Waals surface area (Å²) >= 11 is 0. The van der Waals surface area contributed by atoms with Gasteiger partial charge >= 0.3 is 11.9 Å². The Morgan fingerprint density at radius 1 is 1.35 bits per heavy atom. The largest absolute Gasteiger partial charge is 0.426 e. The van der Waals surface area contributed by atoms with Gasteiger partial charge in [0.25, 0.3) is 0 Å². The van der Waals surface area contributed by atoms with Gasteiger partial charge < -0.3 is 9.47 Å². The Hall–Kier alpha value is -2.28. The molecule has 0 radical (unpaired) electrons. The van der Waals surface area contributed by atoms with Crippen molar-refractivity contribution < 1.29 is 19.1 Å². The minimum absolute atomic E-state index is 0.251. The van der Waals surface area contributed by atoms with E-state index in [0.29, 0.717) is 12.2 Å². The van der Waals surface area contributed by atoms with Crippen LogP contribution in [0.5, 0.6) is 11.5 Å². The molecule has 0 heterocycles. The lowest BCUT2D eigenvalue weighted by Crippen LogP contribution is -2.06. The van der Waals surface area contributed by atoms with Gasteiger partial charge in [-0.25, -0.2) is 4.79 Å². The molecule has 0 aliphatic heterocycles. The molecule has 0 aromatic heterocycles. The van der Waals surface area contributed by atoms with Crippen LogP contribution < -0.4 is 9.47 Å². The molecule has 0 atom stereocenters. The zero-order chi connectivity index (χ0) is 12.8. The van der Waals surface area contributed by atoms with E-state index in [1.807, 2.05) is 12.8 Å². The molecule has 0 aliphatic carbocycles. The Labute approximate surface area is 99.5 Å². The van der Waals surface area contributed by atoms with Crippen LogP contribution in [0.3, 0.4) is 0 Å². The maximum atomic E-state index is 10.9. The average molecular weight is 232 g/mol. The van der Waals surface area contributed by atoms with Crippen molar-refractivity contribution in [3.05, 3.63) is 23.8 Å². The first-order valence-corrected chi connectivity index (χ1v) is 5.06. The molecular formula is C13H12O4. The maximum Gasteiger partial charge on any atom is 0.389 e. The van der Waals surface area contributed by atoms with Crippen molar-refractivity contribution in [2.24, 2.45) is 0 Å². The second-order valence-corrected chi connectivity index (χ2v) is 3.25. The quantitative estimate of drug-likeness (QED) is 0.344. The van der Waals surface area contributed by atoms with E-state index in [9.17, 15) is 9.59 Å². The van der Waals surface area contributed by atoms with Crippen molar-refractivity contribution >= 4 is 11.9 Å². The molecule has 0 unspecified atom stereocenters. The molecule has 0 saturated carbocycles. The molecule has 17 heavy (non-hydrogen) atoms. The first-order valence-electron chi connectivity index (χ1n) is 5.06. The summed E-state index contributed by atoms with van der Waals surface area (Å²) in [5.74, 6) is 1.24. The fourth-order valence-electron chi connectivity index (χ4n) is 1.28. The first kappa shape index (κ1) is 12.8. The van der Waals surface area contributed by atoms with Gasteiger partial charge in [-0.05, 0) is 18.1 Å². The first-order chi connectivity index (χ1) is 8.06. The van der Waals surface area contributed by atoms with Gasteiger partial charge in [0, 0.05) is 18.9 Å². The fourth-order valence-corrected chi connectivity index (χ4v) is 1.28. The Kier molecular flexibility index (Phi) is 4.29. The van der Waals surface area contributed by atoms with Crippen LogP contribution in [0, 0.1) is 12.3 Å². The highest BCUT2D eigenvalue weighted by atomic mass is 16.5. The summed E-state index contributed by atoms with van der Waals surface area (Å²) in [6.07, 6.45) is 5.59. The summed E-state index contributed by atoms with van der Waals surface area (Å²) < 4.78 is 9.83. The van der Waals surface area contributed by atoms with Crippen molar-refractivity contribution in [3.8, 4) is 23.8 Å². The molecule has 0 aliphatic rings. The summed E-state index contributed by atoms with van der Waals surface area (Å²) in [5, 5.41) is 0. The number of carbonyl (C=O) groups is 2. The Morgan fingerprint density at radius 3 is 2.59 bits per heavy atom. The molecule has 0 bridgehead atoms. The lowest BCUT2D eigenvalue weighted by molar-refractivity contribution is -0.132. The number of ether oxygens (including phenoxy) is 2. The topological polar surface area (TPSA) is 52.6 Å². The van der Waals surface area contributed by atoms with Crippen LogP contribution in [0.15, 0.2) is 18.2 Å². The van der Waals surface area contributed by atoms with Crippen LogP contribution in [0.25, 0.3) is 0 Å². The smallest absolute Gasteiger partial charge is 0.389 e. The second-order valence-electron chi connectivity index (χ2n) is 3.25. The summed E-state index contributed by atoms with van der Waals surface area (Å²) in [4.78, 5) is 21.8. The highest BCUT2D eigenvalue weighted by molar-refractivity contribution is 5.89. The molecule has 0 spiro atoms. The Balaban J connectivity index is 3.00. The normalized spacial score (nSPS) is 9.24. The summed E-state index contributed by atoms with van der Waals surface area (Å²) in [5.41, 5.74) is 0.848. The van der Waals surface area contributed by atoms with Crippen molar-refractivity contribution in [2.45, 2.75) is 20.3 Å². The number of carbonyl (C=O) groups excluding carboxylic acids is 2. The van der Waals surface area contributed by atoms with Crippen LogP contribution in [-0.2, 0) is 16.0 Å². The zero-order valence-corrected chi connectivity index (χ0v) is 9.65. The number of hydrogen-bond donors (Lipinski definition) is 0. The van der Waals surface area contributed by atoms with Crippen LogP contribution in [0.4, 0.5) is 0 Å². The molecule has 1 rings (SSSR count).